The highest BCUT2D eigenvalue weighted by Gasteiger charge is 2.29. The Balaban J connectivity index is 1.90. The number of carbonyl (C=O) groups is 1. The number of ether oxygens (including phenoxy) is 1. The second kappa shape index (κ2) is 6.74. The van der Waals surface area contributed by atoms with Crippen molar-refractivity contribution in [1.82, 2.24) is 14.7 Å². The van der Waals surface area contributed by atoms with E-state index in [0.717, 1.165) is 12.8 Å². The van der Waals surface area contributed by atoms with Crippen LogP contribution in [0.5, 0.6) is 0 Å². The molecule has 9 heteroatoms. The summed E-state index contributed by atoms with van der Waals surface area (Å²) in [5, 5.41) is 15.0. The van der Waals surface area contributed by atoms with Gasteiger partial charge in [0.1, 0.15) is 12.1 Å². The summed E-state index contributed by atoms with van der Waals surface area (Å²) < 4.78 is 6.68. The number of aromatic nitrogens is 2. The van der Waals surface area contributed by atoms with Gasteiger partial charge in [-0.1, -0.05) is 16.7 Å². The molecule has 1 amide bonds. The monoisotopic (exact) mass is 344 g/mol. The zero-order valence-electron chi connectivity index (χ0n) is 13.5. The fourth-order valence-corrected chi connectivity index (χ4v) is 2.72. The molecule has 1 aliphatic heterocycles. The SMILES string of the molecule is CC(C)(C)OC(=O)N1CCC(Cn2nc(Cl)cc2[N+](=O)[O-])CC1. The van der Waals surface area contributed by atoms with E-state index >= 15 is 0 Å². The number of likely N-dealkylation sites (tertiary alicyclic amines) is 1. The van der Waals surface area contributed by atoms with E-state index in [1.165, 1.54) is 10.7 Å². The normalized spacial score (nSPS) is 16.4. The van der Waals surface area contributed by atoms with E-state index in [-0.39, 0.29) is 23.0 Å². The number of halogens is 1. The number of hydrogen-bond acceptors (Lipinski definition) is 5. The molecule has 0 unspecified atom stereocenters. The number of hydrogen-bond donors (Lipinski definition) is 0. The van der Waals surface area contributed by atoms with Gasteiger partial charge in [0.05, 0.1) is 6.07 Å². The van der Waals surface area contributed by atoms with Gasteiger partial charge >= 0.3 is 11.9 Å². The highest BCUT2D eigenvalue weighted by molar-refractivity contribution is 6.29. The Labute approximate surface area is 139 Å². The quantitative estimate of drug-likeness (QED) is 0.620. The maximum absolute atomic E-state index is 12.0. The van der Waals surface area contributed by atoms with Crippen molar-refractivity contribution in [1.29, 1.82) is 0 Å². The minimum absolute atomic E-state index is 0.107. The molecule has 0 radical (unpaired) electrons. The Kier molecular flexibility index (Phi) is 5.13. The van der Waals surface area contributed by atoms with E-state index in [0.29, 0.717) is 19.6 Å². The standard InChI is InChI=1S/C14H21ClN4O4/c1-14(2,3)23-13(20)17-6-4-10(5-7-17)9-18-12(19(21)22)8-11(15)16-18/h8,10H,4-7,9H2,1-3H3. The predicted molar refractivity (Wildman–Crippen MR) is 84.4 cm³/mol. The van der Waals surface area contributed by atoms with Crippen LogP contribution >= 0.6 is 11.6 Å². The molecule has 128 valence electrons. The Morgan fingerprint density at radius 3 is 2.61 bits per heavy atom. The van der Waals surface area contributed by atoms with Crippen LogP contribution in [0, 0.1) is 16.0 Å². The Hall–Kier alpha value is -1.83. The zero-order chi connectivity index (χ0) is 17.2. The molecule has 1 fully saturated rings. The zero-order valence-corrected chi connectivity index (χ0v) is 14.2. The molecule has 0 saturated carbocycles. The molecule has 0 spiro atoms. The fourth-order valence-electron chi connectivity index (χ4n) is 2.53. The maximum atomic E-state index is 12.0. The van der Waals surface area contributed by atoms with Crippen LogP contribution in [0.2, 0.25) is 5.15 Å². The Morgan fingerprint density at radius 2 is 2.09 bits per heavy atom. The number of nitro groups is 1. The summed E-state index contributed by atoms with van der Waals surface area (Å²) in [5.41, 5.74) is -0.514. The second-order valence-corrected chi connectivity index (χ2v) is 7.06. The van der Waals surface area contributed by atoms with Crippen LogP contribution < -0.4 is 0 Å². The average Bonchev–Trinajstić information content (AvgIpc) is 2.78. The van der Waals surface area contributed by atoms with Crippen molar-refractivity contribution in [3.05, 3.63) is 21.3 Å². The van der Waals surface area contributed by atoms with Gasteiger partial charge in [0.2, 0.25) is 0 Å². The molecule has 1 aromatic heterocycles. The summed E-state index contributed by atoms with van der Waals surface area (Å²) in [7, 11) is 0. The van der Waals surface area contributed by atoms with E-state index in [1.807, 2.05) is 20.8 Å². The number of nitrogens with zero attached hydrogens (tertiary/aromatic N) is 4. The molecule has 2 heterocycles. The van der Waals surface area contributed by atoms with Crippen molar-refractivity contribution in [3.8, 4) is 0 Å². The van der Waals surface area contributed by atoms with E-state index in [2.05, 4.69) is 5.10 Å². The summed E-state index contributed by atoms with van der Waals surface area (Å²) >= 11 is 5.75. The molecule has 0 bridgehead atoms. The fraction of sp³-hybridized carbons (Fsp3) is 0.714. The van der Waals surface area contributed by atoms with Crippen LogP contribution in [0.3, 0.4) is 0 Å². The first-order valence-electron chi connectivity index (χ1n) is 7.51. The van der Waals surface area contributed by atoms with Gasteiger partial charge in [-0.25, -0.2) is 4.79 Å². The minimum atomic E-state index is -0.514. The number of carbonyl (C=O) groups excluding carboxylic acids is 1. The van der Waals surface area contributed by atoms with Crippen molar-refractivity contribution < 1.29 is 14.5 Å². The molecule has 0 N–H and O–H groups in total. The maximum Gasteiger partial charge on any atom is 0.410 e. The second-order valence-electron chi connectivity index (χ2n) is 6.68. The van der Waals surface area contributed by atoms with Gasteiger partial charge in [0, 0.05) is 19.0 Å². The highest BCUT2D eigenvalue weighted by Crippen LogP contribution is 2.24. The lowest BCUT2D eigenvalue weighted by molar-refractivity contribution is -0.392. The molecular formula is C14H21ClN4O4. The third kappa shape index (κ3) is 4.82. The topological polar surface area (TPSA) is 90.5 Å². The molecular weight excluding hydrogens is 324 g/mol. The van der Waals surface area contributed by atoms with Gasteiger partial charge in [-0.2, -0.15) is 0 Å². The van der Waals surface area contributed by atoms with Crippen molar-refractivity contribution in [2.24, 2.45) is 5.92 Å². The van der Waals surface area contributed by atoms with Crippen molar-refractivity contribution in [3.63, 3.8) is 0 Å². The van der Waals surface area contributed by atoms with Crippen molar-refractivity contribution >= 4 is 23.5 Å². The molecule has 1 saturated heterocycles. The van der Waals surface area contributed by atoms with Crippen LogP contribution in [0.4, 0.5) is 10.6 Å². The van der Waals surface area contributed by atoms with Gasteiger partial charge in [0.15, 0.2) is 5.15 Å². The summed E-state index contributed by atoms with van der Waals surface area (Å²) in [6, 6.07) is 1.25. The van der Waals surface area contributed by atoms with Gasteiger partial charge in [-0.15, -0.1) is 4.68 Å². The molecule has 0 aliphatic carbocycles. The van der Waals surface area contributed by atoms with Crippen LogP contribution in [-0.2, 0) is 11.3 Å². The molecule has 0 atom stereocenters. The van der Waals surface area contributed by atoms with Crippen LogP contribution in [0.1, 0.15) is 33.6 Å². The van der Waals surface area contributed by atoms with Crippen LogP contribution in [-0.4, -0.2) is 44.4 Å². The lowest BCUT2D eigenvalue weighted by Gasteiger charge is -2.32. The first-order valence-corrected chi connectivity index (χ1v) is 7.89. The molecule has 23 heavy (non-hydrogen) atoms. The van der Waals surface area contributed by atoms with Gasteiger partial charge in [-0.05, 0) is 38.5 Å². The van der Waals surface area contributed by atoms with E-state index < -0.39 is 10.5 Å². The Morgan fingerprint density at radius 1 is 1.48 bits per heavy atom. The summed E-state index contributed by atoms with van der Waals surface area (Å²) in [6.07, 6.45) is 1.17. The average molecular weight is 345 g/mol. The van der Waals surface area contributed by atoms with Crippen molar-refractivity contribution in [2.75, 3.05) is 13.1 Å². The largest absolute Gasteiger partial charge is 0.444 e. The lowest BCUT2D eigenvalue weighted by atomic mass is 9.97. The van der Waals surface area contributed by atoms with E-state index in [4.69, 9.17) is 16.3 Å². The van der Waals surface area contributed by atoms with E-state index in [1.54, 1.807) is 4.90 Å². The van der Waals surface area contributed by atoms with Gasteiger partial charge < -0.3 is 19.8 Å². The first-order chi connectivity index (χ1) is 10.7. The van der Waals surface area contributed by atoms with E-state index in [9.17, 15) is 14.9 Å². The number of amides is 1. The smallest absolute Gasteiger partial charge is 0.410 e. The third-order valence-corrected chi connectivity index (χ3v) is 3.80. The van der Waals surface area contributed by atoms with Crippen molar-refractivity contribution in [2.45, 2.75) is 45.8 Å². The van der Waals surface area contributed by atoms with Crippen LogP contribution in [0.15, 0.2) is 6.07 Å². The number of piperidine rings is 1. The Bertz CT molecular complexity index is 588. The highest BCUT2D eigenvalue weighted by atomic mass is 35.5. The first kappa shape index (κ1) is 17.5. The summed E-state index contributed by atoms with van der Waals surface area (Å²) in [5.74, 6) is 0.105. The lowest BCUT2D eigenvalue weighted by Crippen LogP contribution is -2.42. The van der Waals surface area contributed by atoms with Crippen LogP contribution in [0.25, 0.3) is 0 Å². The number of rotatable bonds is 3. The molecule has 0 aromatic carbocycles. The molecule has 8 nitrogen and oxygen atoms in total. The molecule has 2 rings (SSSR count). The third-order valence-electron chi connectivity index (χ3n) is 3.61. The molecule has 1 aliphatic rings. The van der Waals surface area contributed by atoms with Gasteiger partial charge in [0.25, 0.3) is 0 Å². The summed E-state index contributed by atoms with van der Waals surface area (Å²) in [4.78, 5) is 24.2. The van der Waals surface area contributed by atoms with Gasteiger partial charge in [-0.3, -0.25) is 0 Å². The summed E-state index contributed by atoms with van der Waals surface area (Å²) in [6.45, 7) is 7.06. The minimum Gasteiger partial charge on any atom is -0.444 e. The molecule has 1 aromatic rings. The predicted octanol–water partition coefficient (Wildman–Crippen LogP) is 3.09.